The van der Waals surface area contributed by atoms with Crippen LogP contribution in [-0.2, 0) is 10.8 Å². The molecule has 1 fully saturated rings. The van der Waals surface area contributed by atoms with Crippen LogP contribution in [0.1, 0.15) is 26.7 Å². The van der Waals surface area contributed by atoms with Gasteiger partial charge in [0.1, 0.15) is 0 Å². The Labute approximate surface area is 127 Å². The fourth-order valence-corrected chi connectivity index (χ4v) is 5.41. The third-order valence-electron chi connectivity index (χ3n) is 3.84. The highest BCUT2D eigenvalue weighted by Gasteiger charge is 2.37. The highest BCUT2D eigenvalue weighted by molar-refractivity contribution is 7.86. The van der Waals surface area contributed by atoms with Gasteiger partial charge in [0, 0.05) is 11.3 Å². The molecule has 0 aliphatic heterocycles. The number of benzene rings is 1. The molecule has 1 aromatic carbocycles. The number of hydrogen-bond acceptors (Lipinski definition) is 2. The van der Waals surface area contributed by atoms with Gasteiger partial charge in [0.15, 0.2) is 0 Å². The summed E-state index contributed by atoms with van der Waals surface area (Å²) < 4.78 is 12.8. The lowest BCUT2D eigenvalue weighted by atomic mass is 10.1. The van der Waals surface area contributed by atoms with Crippen molar-refractivity contribution in [2.45, 2.75) is 42.9 Å². The summed E-state index contributed by atoms with van der Waals surface area (Å²) in [7, 11) is -1.14. The zero-order valence-corrected chi connectivity index (χ0v) is 13.5. The molecular formula is C14H19Cl2NOS. The van der Waals surface area contributed by atoms with Crippen molar-refractivity contribution in [2.75, 3.05) is 6.54 Å². The van der Waals surface area contributed by atoms with E-state index in [0.29, 0.717) is 26.9 Å². The Morgan fingerprint density at radius 3 is 2.53 bits per heavy atom. The summed E-state index contributed by atoms with van der Waals surface area (Å²) in [5.74, 6) is 0.369. The summed E-state index contributed by atoms with van der Waals surface area (Å²) in [5.41, 5.74) is 0. The van der Waals surface area contributed by atoms with Gasteiger partial charge in [-0.25, -0.2) is 0 Å². The van der Waals surface area contributed by atoms with Gasteiger partial charge in [0.2, 0.25) is 0 Å². The molecule has 1 saturated carbocycles. The summed E-state index contributed by atoms with van der Waals surface area (Å²) in [6.07, 6.45) is 2.01. The minimum atomic E-state index is -1.14. The Balaban J connectivity index is 2.21. The number of halogens is 2. The lowest BCUT2D eigenvalue weighted by Crippen LogP contribution is -2.34. The summed E-state index contributed by atoms with van der Waals surface area (Å²) in [4.78, 5) is 0.597. The predicted octanol–water partition coefficient (Wildman–Crippen LogP) is 3.88. The molecule has 1 aliphatic rings. The normalized spacial score (nSPS) is 28.5. The van der Waals surface area contributed by atoms with Gasteiger partial charge in [-0.05, 0) is 37.4 Å². The second kappa shape index (κ2) is 6.57. The maximum absolute atomic E-state index is 12.8. The highest BCUT2D eigenvalue weighted by Crippen LogP contribution is 2.37. The first-order chi connectivity index (χ1) is 9.06. The largest absolute Gasteiger partial charge is 0.314 e. The average molecular weight is 320 g/mol. The lowest BCUT2D eigenvalue weighted by molar-refractivity contribution is 0.438. The maximum Gasteiger partial charge on any atom is 0.0763 e. The van der Waals surface area contributed by atoms with E-state index >= 15 is 0 Å². The molecule has 0 aromatic heterocycles. The zero-order chi connectivity index (χ0) is 14.0. The molecular weight excluding hydrogens is 301 g/mol. The number of nitrogens with one attached hydrogen (secondary N) is 1. The van der Waals surface area contributed by atoms with Crippen molar-refractivity contribution in [3.05, 3.63) is 28.2 Å². The molecule has 19 heavy (non-hydrogen) atoms. The Morgan fingerprint density at radius 2 is 1.95 bits per heavy atom. The van der Waals surface area contributed by atoms with Crippen molar-refractivity contribution in [3.63, 3.8) is 0 Å². The summed E-state index contributed by atoms with van der Waals surface area (Å²) >= 11 is 12.3. The van der Waals surface area contributed by atoms with E-state index in [9.17, 15) is 4.21 Å². The fourth-order valence-electron chi connectivity index (χ4n) is 2.81. The molecule has 1 N–H and O–H groups in total. The van der Waals surface area contributed by atoms with Gasteiger partial charge < -0.3 is 5.32 Å². The first-order valence-electron chi connectivity index (χ1n) is 6.64. The van der Waals surface area contributed by atoms with Gasteiger partial charge in [0.05, 0.1) is 25.7 Å². The SMILES string of the molecule is CCNC1CCC(S(=O)c2c(Cl)cccc2Cl)C1C. The Bertz CT molecular complexity index is 460. The van der Waals surface area contributed by atoms with Crippen molar-refractivity contribution in [2.24, 2.45) is 5.92 Å². The fraction of sp³-hybridized carbons (Fsp3) is 0.571. The predicted molar refractivity (Wildman–Crippen MR) is 82.5 cm³/mol. The van der Waals surface area contributed by atoms with Crippen LogP contribution in [0, 0.1) is 5.92 Å². The van der Waals surface area contributed by atoms with Crippen LogP contribution < -0.4 is 5.32 Å². The van der Waals surface area contributed by atoms with Crippen LogP contribution in [0.5, 0.6) is 0 Å². The molecule has 106 valence electrons. The van der Waals surface area contributed by atoms with E-state index in [2.05, 4.69) is 19.2 Å². The molecule has 0 heterocycles. The van der Waals surface area contributed by atoms with E-state index in [-0.39, 0.29) is 5.25 Å². The van der Waals surface area contributed by atoms with E-state index in [4.69, 9.17) is 23.2 Å². The molecule has 0 radical (unpaired) electrons. The van der Waals surface area contributed by atoms with Gasteiger partial charge in [0.25, 0.3) is 0 Å². The molecule has 0 spiro atoms. The monoisotopic (exact) mass is 319 g/mol. The van der Waals surface area contributed by atoms with Crippen molar-refractivity contribution in [1.29, 1.82) is 0 Å². The third kappa shape index (κ3) is 3.15. The van der Waals surface area contributed by atoms with Crippen LogP contribution in [0.25, 0.3) is 0 Å². The Hall–Kier alpha value is -0.0900. The van der Waals surface area contributed by atoms with Crippen LogP contribution in [0.3, 0.4) is 0 Å². The summed E-state index contributed by atoms with van der Waals surface area (Å²) in [5, 5.41) is 4.59. The second-order valence-electron chi connectivity index (χ2n) is 4.99. The average Bonchev–Trinajstić information content (AvgIpc) is 2.71. The quantitative estimate of drug-likeness (QED) is 0.912. The summed E-state index contributed by atoms with van der Waals surface area (Å²) in [6.45, 7) is 5.21. The van der Waals surface area contributed by atoms with E-state index in [1.807, 2.05) is 0 Å². The standard InChI is InChI=1S/C14H19Cl2NOS/c1-3-17-12-7-8-13(9(12)2)19(18)14-10(15)5-4-6-11(14)16/h4-6,9,12-13,17H,3,7-8H2,1-2H3. The molecule has 2 nitrogen and oxygen atoms in total. The smallest absolute Gasteiger partial charge is 0.0763 e. The molecule has 1 aromatic rings. The number of rotatable bonds is 4. The van der Waals surface area contributed by atoms with Crippen molar-refractivity contribution >= 4 is 34.0 Å². The molecule has 0 amide bonds. The molecule has 2 rings (SSSR count). The summed E-state index contributed by atoms with van der Waals surface area (Å²) in [6, 6.07) is 5.73. The number of hydrogen-bond donors (Lipinski definition) is 1. The molecule has 4 unspecified atom stereocenters. The highest BCUT2D eigenvalue weighted by atomic mass is 35.5. The lowest BCUT2D eigenvalue weighted by Gasteiger charge is -2.21. The van der Waals surface area contributed by atoms with Crippen LogP contribution in [0.4, 0.5) is 0 Å². The molecule has 0 saturated heterocycles. The van der Waals surface area contributed by atoms with Gasteiger partial charge in [-0.1, -0.05) is 43.1 Å². The van der Waals surface area contributed by atoms with Crippen LogP contribution >= 0.6 is 23.2 Å². The molecule has 5 heteroatoms. The minimum absolute atomic E-state index is 0.126. The molecule has 1 aliphatic carbocycles. The van der Waals surface area contributed by atoms with E-state index < -0.39 is 10.8 Å². The van der Waals surface area contributed by atoms with E-state index in [1.54, 1.807) is 18.2 Å². The second-order valence-corrected chi connectivity index (χ2v) is 7.41. The van der Waals surface area contributed by atoms with Crippen molar-refractivity contribution in [1.82, 2.24) is 5.32 Å². The van der Waals surface area contributed by atoms with Gasteiger partial charge in [-0.2, -0.15) is 0 Å². The Kier molecular flexibility index (Phi) is 5.29. The maximum atomic E-state index is 12.8. The van der Waals surface area contributed by atoms with Gasteiger partial charge in [-0.15, -0.1) is 0 Å². The van der Waals surface area contributed by atoms with Gasteiger partial charge in [-0.3, -0.25) is 4.21 Å². The Morgan fingerprint density at radius 1 is 1.32 bits per heavy atom. The van der Waals surface area contributed by atoms with Crippen molar-refractivity contribution < 1.29 is 4.21 Å². The minimum Gasteiger partial charge on any atom is -0.314 e. The zero-order valence-electron chi connectivity index (χ0n) is 11.2. The van der Waals surface area contributed by atoms with Crippen LogP contribution in [-0.4, -0.2) is 22.0 Å². The van der Waals surface area contributed by atoms with E-state index in [1.165, 1.54) is 0 Å². The first kappa shape index (κ1) is 15.3. The van der Waals surface area contributed by atoms with Crippen molar-refractivity contribution in [3.8, 4) is 0 Å². The molecule has 4 atom stereocenters. The van der Waals surface area contributed by atoms with Gasteiger partial charge >= 0.3 is 0 Å². The van der Waals surface area contributed by atoms with E-state index in [0.717, 1.165) is 19.4 Å². The van der Waals surface area contributed by atoms with Crippen LogP contribution in [0.15, 0.2) is 23.1 Å². The van der Waals surface area contributed by atoms with Crippen LogP contribution in [0.2, 0.25) is 10.0 Å². The molecule has 0 bridgehead atoms. The third-order valence-corrected chi connectivity index (χ3v) is 6.76. The first-order valence-corrected chi connectivity index (χ1v) is 8.61. The topological polar surface area (TPSA) is 29.1 Å².